The number of hydrogen-bond acceptors (Lipinski definition) is 4. The lowest BCUT2D eigenvalue weighted by molar-refractivity contribution is -0.122. The van der Waals surface area contributed by atoms with Crippen LogP contribution in [0, 0.1) is 12.8 Å². The van der Waals surface area contributed by atoms with E-state index in [4.69, 9.17) is 5.73 Å². The number of carbonyl (C=O) groups is 3. The maximum Gasteiger partial charge on any atom is 0.248 e. The average molecular weight is 420 g/mol. The molecule has 3 aromatic rings. The summed E-state index contributed by atoms with van der Waals surface area (Å²) in [6.45, 7) is 1.99. The van der Waals surface area contributed by atoms with Crippen LogP contribution in [0.5, 0.6) is 0 Å². The van der Waals surface area contributed by atoms with Gasteiger partial charge in [-0.05, 0) is 54.8 Å². The van der Waals surface area contributed by atoms with Crippen LogP contribution in [0.1, 0.15) is 33.3 Å². The van der Waals surface area contributed by atoms with E-state index in [0.717, 1.165) is 16.1 Å². The number of amides is 3. The molecule has 0 aliphatic carbocycles. The Labute approximate surface area is 178 Å². The van der Waals surface area contributed by atoms with Gasteiger partial charge >= 0.3 is 0 Å². The van der Waals surface area contributed by atoms with Gasteiger partial charge in [0.1, 0.15) is 0 Å². The van der Waals surface area contributed by atoms with Crippen molar-refractivity contribution in [3.63, 3.8) is 0 Å². The Balaban J connectivity index is 1.62. The van der Waals surface area contributed by atoms with Gasteiger partial charge in [0.15, 0.2) is 0 Å². The summed E-state index contributed by atoms with van der Waals surface area (Å²) in [5.74, 6) is -1.38. The second-order valence-corrected chi connectivity index (χ2v) is 8.28. The van der Waals surface area contributed by atoms with Gasteiger partial charge in [0, 0.05) is 28.2 Å². The number of anilines is 2. The van der Waals surface area contributed by atoms with Crippen molar-refractivity contribution in [2.75, 3.05) is 10.2 Å². The Morgan fingerprint density at radius 3 is 2.37 bits per heavy atom. The van der Waals surface area contributed by atoms with Gasteiger partial charge in [-0.3, -0.25) is 14.4 Å². The number of primary amides is 1. The predicted molar refractivity (Wildman–Crippen MR) is 117 cm³/mol. The Kier molecular flexibility index (Phi) is 5.37. The second-order valence-electron chi connectivity index (χ2n) is 7.30. The van der Waals surface area contributed by atoms with Gasteiger partial charge in [-0.2, -0.15) is 0 Å². The fourth-order valence-corrected chi connectivity index (χ4v) is 4.60. The van der Waals surface area contributed by atoms with Crippen LogP contribution < -0.4 is 16.0 Å². The molecule has 152 valence electrons. The molecule has 1 aliphatic rings. The van der Waals surface area contributed by atoms with Crippen molar-refractivity contribution in [3.05, 3.63) is 82.0 Å². The maximum atomic E-state index is 13.1. The molecule has 0 unspecified atom stereocenters. The van der Waals surface area contributed by atoms with Crippen molar-refractivity contribution >= 4 is 40.4 Å². The number of nitrogens with zero attached hydrogens (tertiary/aromatic N) is 1. The molecule has 6 nitrogen and oxygen atoms in total. The van der Waals surface area contributed by atoms with Crippen LogP contribution in [-0.2, 0) is 9.59 Å². The zero-order chi connectivity index (χ0) is 21.3. The van der Waals surface area contributed by atoms with Crippen LogP contribution in [0.15, 0.2) is 66.0 Å². The molecule has 1 aliphatic heterocycles. The number of nitrogens with one attached hydrogen (secondary N) is 1. The van der Waals surface area contributed by atoms with Gasteiger partial charge in [0.2, 0.25) is 17.7 Å². The molecule has 0 saturated carbocycles. The number of hydrogen-bond donors (Lipinski definition) is 2. The first-order valence-electron chi connectivity index (χ1n) is 9.57. The summed E-state index contributed by atoms with van der Waals surface area (Å²) in [6.07, 6.45) is 0.127. The minimum Gasteiger partial charge on any atom is -0.366 e. The quantitative estimate of drug-likeness (QED) is 0.657. The molecule has 3 amide bonds. The smallest absolute Gasteiger partial charge is 0.248 e. The highest BCUT2D eigenvalue weighted by Gasteiger charge is 2.45. The van der Waals surface area contributed by atoms with E-state index in [0.29, 0.717) is 11.3 Å². The largest absolute Gasteiger partial charge is 0.366 e. The number of benzene rings is 2. The maximum absolute atomic E-state index is 13.1. The van der Waals surface area contributed by atoms with Gasteiger partial charge in [-0.15, -0.1) is 11.3 Å². The molecule has 7 heteroatoms. The van der Waals surface area contributed by atoms with Gasteiger partial charge in [0.05, 0.1) is 12.0 Å². The molecule has 4 rings (SSSR count). The number of aryl methyl sites for hydroxylation is 1. The van der Waals surface area contributed by atoms with Crippen LogP contribution in [0.3, 0.4) is 0 Å². The van der Waals surface area contributed by atoms with Crippen molar-refractivity contribution in [2.45, 2.75) is 19.4 Å². The summed E-state index contributed by atoms with van der Waals surface area (Å²) in [5.41, 5.74) is 8.07. The molecule has 0 spiro atoms. The highest BCUT2D eigenvalue weighted by Crippen LogP contribution is 2.43. The van der Waals surface area contributed by atoms with Gasteiger partial charge < -0.3 is 16.0 Å². The minimum absolute atomic E-state index is 0.0820. The number of rotatable bonds is 5. The summed E-state index contributed by atoms with van der Waals surface area (Å²) >= 11 is 1.53. The first-order valence-corrected chi connectivity index (χ1v) is 10.4. The molecule has 2 heterocycles. The Morgan fingerprint density at radius 2 is 1.77 bits per heavy atom. The summed E-state index contributed by atoms with van der Waals surface area (Å²) in [5, 5.41) is 4.83. The minimum atomic E-state index is -0.534. The number of thiophene rings is 1. The van der Waals surface area contributed by atoms with E-state index in [2.05, 4.69) is 5.32 Å². The van der Waals surface area contributed by atoms with Gasteiger partial charge in [-0.1, -0.05) is 23.8 Å². The zero-order valence-electron chi connectivity index (χ0n) is 16.4. The SMILES string of the molecule is Cc1ccc(N2C(=O)C[C@@H](C(=O)Nc3ccc(C(N)=O)cc3)[C@H]2c2cccs2)cc1. The first kappa shape index (κ1) is 19.8. The summed E-state index contributed by atoms with van der Waals surface area (Å²) in [7, 11) is 0. The molecular formula is C23H21N3O3S. The van der Waals surface area contributed by atoms with Crippen LogP contribution in [0.2, 0.25) is 0 Å². The zero-order valence-corrected chi connectivity index (χ0v) is 17.2. The topological polar surface area (TPSA) is 92.5 Å². The second kappa shape index (κ2) is 8.12. The van der Waals surface area contributed by atoms with Gasteiger partial charge in [0.25, 0.3) is 0 Å². The highest BCUT2D eigenvalue weighted by atomic mass is 32.1. The van der Waals surface area contributed by atoms with Crippen LogP contribution in [0.25, 0.3) is 0 Å². The normalized spacial score (nSPS) is 18.4. The molecule has 1 aromatic heterocycles. The molecule has 0 bridgehead atoms. The van der Waals surface area contributed by atoms with Crippen LogP contribution in [-0.4, -0.2) is 17.7 Å². The predicted octanol–water partition coefficient (Wildman–Crippen LogP) is 3.89. The molecule has 1 fully saturated rings. The van der Waals surface area contributed by atoms with Crippen molar-refractivity contribution in [1.29, 1.82) is 0 Å². The Bertz CT molecular complexity index is 1080. The molecule has 2 atom stereocenters. The summed E-state index contributed by atoms with van der Waals surface area (Å²) < 4.78 is 0. The van der Waals surface area contributed by atoms with Crippen molar-refractivity contribution in [3.8, 4) is 0 Å². The van der Waals surface area contributed by atoms with E-state index < -0.39 is 11.8 Å². The lowest BCUT2D eigenvalue weighted by Crippen LogP contribution is -2.32. The van der Waals surface area contributed by atoms with Crippen LogP contribution in [0.4, 0.5) is 11.4 Å². The van der Waals surface area contributed by atoms with E-state index >= 15 is 0 Å². The third-order valence-electron chi connectivity index (χ3n) is 5.24. The molecule has 30 heavy (non-hydrogen) atoms. The molecule has 3 N–H and O–H groups in total. The standard InChI is InChI=1S/C23H21N3O3S/c1-14-4-10-17(11-5-14)26-20(27)13-18(21(26)19-3-2-12-30-19)23(29)25-16-8-6-15(7-9-16)22(24)28/h2-12,18,21H,13H2,1H3,(H2,24,28)(H,25,29)/t18-,21+/m1/s1. The van der Waals surface area contributed by atoms with E-state index in [1.807, 2.05) is 48.7 Å². The monoisotopic (exact) mass is 419 g/mol. The lowest BCUT2D eigenvalue weighted by atomic mass is 9.97. The number of nitrogens with two attached hydrogens (primary N) is 1. The average Bonchev–Trinajstić information content (AvgIpc) is 3.37. The summed E-state index contributed by atoms with van der Waals surface area (Å²) in [4.78, 5) is 40.0. The molecule has 0 radical (unpaired) electrons. The van der Waals surface area contributed by atoms with E-state index in [9.17, 15) is 14.4 Å². The van der Waals surface area contributed by atoms with E-state index in [-0.39, 0.29) is 24.3 Å². The molecular weight excluding hydrogens is 398 g/mol. The Morgan fingerprint density at radius 1 is 1.07 bits per heavy atom. The Hall–Kier alpha value is -3.45. The van der Waals surface area contributed by atoms with E-state index in [1.54, 1.807) is 29.2 Å². The van der Waals surface area contributed by atoms with Crippen molar-refractivity contribution in [2.24, 2.45) is 11.7 Å². The lowest BCUT2D eigenvalue weighted by Gasteiger charge is -2.27. The molecule has 2 aromatic carbocycles. The van der Waals surface area contributed by atoms with Crippen molar-refractivity contribution < 1.29 is 14.4 Å². The third-order valence-corrected chi connectivity index (χ3v) is 6.19. The van der Waals surface area contributed by atoms with Crippen LogP contribution >= 0.6 is 11.3 Å². The van der Waals surface area contributed by atoms with Crippen molar-refractivity contribution in [1.82, 2.24) is 0 Å². The fraction of sp³-hybridized carbons (Fsp3) is 0.174. The summed E-state index contributed by atoms with van der Waals surface area (Å²) in [6, 6.07) is 17.6. The third kappa shape index (κ3) is 3.84. The van der Waals surface area contributed by atoms with Gasteiger partial charge in [-0.25, -0.2) is 0 Å². The fourth-order valence-electron chi connectivity index (χ4n) is 3.72. The number of carbonyl (C=O) groups excluding carboxylic acids is 3. The highest BCUT2D eigenvalue weighted by molar-refractivity contribution is 7.10. The molecule has 1 saturated heterocycles. The first-order chi connectivity index (χ1) is 14.4. The van der Waals surface area contributed by atoms with E-state index in [1.165, 1.54) is 11.3 Å².